The average molecular weight is 305 g/mol. The van der Waals surface area contributed by atoms with E-state index in [0.717, 1.165) is 24.3 Å². The summed E-state index contributed by atoms with van der Waals surface area (Å²) in [5, 5.41) is 8.71. The van der Waals surface area contributed by atoms with Crippen molar-refractivity contribution in [2.75, 3.05) is 0 Å². The molecular weight excluding hydrogens is 295 g/mol. The third kappa shape index (κ3) is 3.64. The van der Waals surface area contributed by atoms with Gasteiger partial charge in [0.15, 0.2) is 0 Å². The number of carbonyl (C=O) groups is 1. The predicted molar refractivity (Wildman–Crippen MR) is 72.2 cm³/mol. The van der Waals surface area contributed by atoms with Crippen LogP contribution < -0.4 is 4.74 Å². The minimum Gasteiger partial charge on any atom is -0.423 e. The second kappa shape index (κ2) is 6.31. The topological polar surface area (TPSA) is 50.1 Å². The van der Waals surface area contributed by atoms with Gasteiger partial charge in [-0.3, -0.25) is 0 Å². The van der Waals surface area contributed by atoms with Crippen LogP contribution in [0, 0.1) is 11.3 Å². The Morgan fingerprint density at radius 1 is 1.09 bits per heavy atom. The molecule has 2 rings (SSSR count). The molecule has 0 amide bonds. The summed E-state index contributed by atoms with van der Waals surface area (Å²) in [7, 11) is 0. The number of rotatable bonds is 3. The molecule has 0 N–H and O–H groups in total. The van der Waals surface area contributed by atoms with Crippen molar-refractivity contribution in [2.45, 2.75) is 12.6 Å². The van der Waals surface area contributed by atoms with E-state index in [9.17, 15) is 18.0 Å². The van der Waals surface area contributed by atoms with Crippen molar-refractivity contribution in [3.05, 3.63) is 65.2 Å². The van der Waals surface area contributed by atoms with Crippen molar-refractivity contribution in [1.29, 1.82) is 5.26 Å². The molecule has 0 aliphatic rings. The van der Waals surface area contributed by atoms with Crippen LogP contribution in [0.2, 0.25) is 0 Å². The van der Waals surface area contributed by atoms with Crippen LogP contribution in [-0.2, 0) is 12.6 Å². The largest absolute Gasteiger partial charge is 0.423 e. The van der Waals surface area contributed by atoms with Crippen molar-refractivity contribution in [3.8, 4) is 11.8 Å². The van der Waals surface area contributed by atoms with Gasteiger partial charge in [-0.1, -0.05) is 18.2 Å². The van der Waals surface area contributed by atoms with E-state index < -0.39 is 17.7 Å². The Hall–Kier alpha value is -2.81. The predicted octanol–water partition coefficient (Wildman–Crippen LogP) is 3.99. The molecule has 0 heterocycles. The SMILES string of the molecule is N#CCc1ccccc1OC(=O)c1ccc(C(F)(F)F)cc1. The van der Waals surface area contributed by atoms with E-state index in [1.54, 1.807) is 18.2 Å². The molecule has 0 aromatic heterocycles. The van der Waals surface area contributed by atoms with Crippen molar-refractivity contribution in [1.82, 2.24) is 0 Å². The Morgan fingerprint density at radius 3 is 2.32 bits per heavy atom. The van der Waals surface area contributed by atoms with E-state index in [1.807, 2.05) is 6.07 Å². The lowest BCUT2D eigenvalue weighted by molar-refractivity contribution is -0.137. The molecule has 0 aliphatic heterocycles. The third-order valence-corrected chi connectivity index (χ3v) is 2.89. The van der Waals surface area contributed by atoms with E-state index in [1.165, 1.54) is 6.07 Å². The Bertz CT molecular complexity index is 715. The number of hydrogen-bond donors (Lipinski definition) is 0. The van der Waals surface area contributed by atoms with Crippen molar-refractivity contribution in [2.24, 2.45) is 0 Å². The van der Waals surface area contributed by atoms with Crippen molar-refractivity contribution in [3.63, 3.8) is 0 Å². The summed E-state index contributed by atoms with van der Waals surface area (Å²) in [5.74, 6) is -0.562. The standard InChI is InChI=1S/C16H10F3NO2/c17-16(18,19)13-7-5-12(6-8-13)15(21)22-14-4-2-1-3-11(14)9-10-20/h1-8H,9H2. The van der Waals surface area contributed by atoms with E-state index >= 15 is 0 Å². The van der Waals surface area contributed by atoms with Crippen LogP contribution in [0.15, 0.2) is 48.5 Å². The molecule has 0 spiro atoms. The smallest absolute Gasteiger partial charge is 0.416 e. The molecule has 3 nitrogen and oxygen atoms in total. The van der Waals surface area contributed by atoms with Crippen LogP contribution in [0.1, 0.15) is 21.5 Å². The number of alkyl halides is 3. The molecule has 0 saturated heterocycles. The van der Waals surface area contributed by atoms with Gasteiger partial charge in [0.2, 0.25) is 0 Å². The summed E-state index contributed by atoms with van der Waals surface area (Å²) < 4.78 is 42.5. The lowest BCUT2D eigenvalue weighted by Gasteiger charge is -2.09. The second-order valence-electron chi connectivity index (χ2n) is 4.41. The Morgan fingerprint density at radius 2 is 1.73 bits per heavy atom. The third-order valence-electron chi connectivity index (χ3n) is 2.89. The van der Waals surface area contributed by atoms with Crippen LogP contribution in [0.25, 0.3) is 0 Å². The molecule has 6 heteroatoms. The molecule has 112 valence electrons. The van der Waals surface area contributed by atoms with Gasteiger partial charge in [0.05, 0.1) is 23.6 Å². The molecule has 2 aromatic rings. The van der Waals surface area contributed by atoms with Crippen LogP contribution in [-0.4, -0.2) is 5.97 Å². The molecule has 22 heavy (non-hydrogen) atoms. The summed E-state index contributed by atoms with van der Waals surface area (Å²) in [4.78, 5) is 11.9. The maximum absolute atomic E-state index is 12.5. The zero-order chi connectivity index (χ0) is 16.2. The van der Waals surface area contributed by atoms with Gasteiger partial charge in [0, 0.05) is 5.56 Å². The number of carbonyl (C=O) groups excluding carboxylic acids is 1. The molecule has 0 fully saturated rings. The summed E-state index contributed by atoms with van der Waals surface area (Å²) >= 11 is 0. The summed E-state index contributed by atoms with van der Waals surface area (Å²) in [6.45, 7) is 0. The normalized spacial score (nSPS) is 10.8. The quantitative estimate of drug-likeness (QED) is 0.636. The first-order valence-corrected chi connectivity index (χ1v) is 6.26. The fraction of sp³-hybridized carbons (Fsp3) is 0.125. The first-order chi connectivity index (χ1) is 10.4. The lowest BCUT2D eigenvalue weighted by Crippen LogP contribution is -2.11. The molecule has 0 unspecified atom stereocenters. The van der Waals surface area contributed by atoms with Gasteiger partial charge in [-0.05, 0) is 30.3 Å². The number of ether oxygens (including phenoxy) is 1. The fourth-order valence-corrected chi connectivity index (χ4v) is 1.79. The van der Waals surface area contributed by atoms with Crippen molar-refractivity contribution < 1.29 is 22.7 Å². The fourth-order valence-electron chi connectivity index (χ4n) is 1.79. The van der Waals surface area contributed by atoms with Gasteiger partial charge in [0.1, 0.15) is 5.75 Å². The summed E-state index contributed by atoms with van der Waals surface area (Å²) in [6, 6.07) is 12.2. The van der Waals surface area contributed by atoms with E-state index in [2.05, 4.69) is 0 Å². The minimum atomic E-state index is -4.46. The number of nitrogens with zero attached hydrogens (tertiary/aromatic N) is 1. The number of nitriles is 1. The number of hydrogen-bond acceptors (Lipinski definition) is 3. The van der Waals surface area contributed by atoms with Crippen molar-refractivity contribution >= 4 is 5.97 Å². The van der Waals surface area contributed by atoms with E-state index in [0.29, 0.717) is 5.56 Å². The molecule has 2 aromatic carbocycles. The van der Waals surface area contributed by atoms with Gasteiger partial charge < -0.3 is 4.74 Å². The highest BCUT2D eigenvalue weighted by atomic mass is 19.4. The summed E-state index contributed by atoms with van der Waals surface area (Å²) in [5.41, 5.74) is -0.307. The minimum absolute atomic E-state index is 0.000222. The van der Waals surface area contributed by atoms with Gasteiger partial charge in [0.25, 0.3) is 0 Å². The van der Waals surface area contributed by atoms with Gasteiger partial charge in [-0.2, -0.15) is 18.4 Å². The van der Waals surface area contributed by atoms with Gasteiger partial charge in [-0.15, -0.1) is 0 Å². The highest BCUT2D eigenvalue weighted by molar-refractivity contribution is 5.91. The monoisotopic (exact) mass is 305 g/mol. The van der Waals surface area contributed by atoms with E-state index in [-0.39, 0.29) is 17.7 Å². The van der Waals surface area contributed by atoms with E-state index in [4.69, 9.17) is 10.00 Å². The zero-order valence-corrected chi connectivity index (χ0v) is 11.2. The Labute approximate surface area is 124 Å². The Kier molecular flexibility index (Phi) is 4.47. The highest BCUT2D eigenvalue weighted by Crippen LogP contribution is 2.29. The van der Waals surface area contributed by atoms with Crippen LogP contribution in [0.4, 0.5) is 13.2 Å². The maximum atomic E-state index is 12.5. The number of para-hydroxylation sites is 1. The first-order valence-electron chi connectivity index (χ1n) is 6.26. The maximum Gasteiger partial charge on any atom is 0.416 e. The molecule has 0 radical (unpaired) electrons. The zero-order valence-electron chi connectivity index (χ0n) is 11.2. The number of halogens is 3. The highest BCUT2D eigenvalue weighted by Gasteiger charge is 2.30. The molecular formula is C16H10F3NO2. The Balaban J connectivity index is 2.18. The molecule has 0 saturated carbocycles. The van der Waals surface area contributed by atoms with Gasteiger partial charge >= 0.3 is 12.1 Å². The number of benzene rings is 2. The first kappa shape index (κ1) is 15.6. The van der Waals surface area contributed by atoms with Crippen LogP contribution in [0.5, 0.6) is 5.75 Å². The average Bonchev–Trinajstić information content (AvgIpc) is 2.49. The lowest BCUT2D eigenvalue weighted by atomic mass is 10.1. The van der Waals surface area contributed by atoms with Gasteiger partial charge in [-0.25, -0.2) is 4.79 Å². The summed E-state index contributed by atoms with van der Waals surface area (Å²) in [6.07, 6.45) is -4.39. The van der Waals surface area contributed by atoms with Crippen LogP contribution >= 0.6 is 0 Å². The van der Waals surface area contributed by atoms with Crippen LogP contribution in [0.3, 0.4) is 0 Å². The molecule has 0 atom stereocenters. The molecule has 0 bridgehead atoms. The second-order valence-corrected chi connectivity index (χ2v) is 4.41. The number of esters is 1. The molecule has 0 aliphatic carbocycles.